The Bertz CT molecular complexity index is 1080. The Balaban J connectivity index is 1.69. The van der Waals surface area contributed by atoms with Crippen molar-refractivity contribution in [3.8, 4) is 0 Å². The standard InChI is InChI=1S/C28H29ClN2O2/c1-2-3-18-30-28(33)25-15-12-22(13-16-25)14-17-27(32)31(20-23-8-5-4-6-9-23)21-24-10-7-11-26(29)19-24/h4-17,19H,2-3,18,20-21H2,1H3,(H,30,33)/b17-14+. The molecule has 0 aliphatic carbocycles. The van der Waals surface area contributed by atoms with E-state index < -0.39 is 0 Å². The van der Waals surface area contributed by atoms with Gasteiger partial charge in [-0.1, -0.05) is 79.5 Å². The Morgan fingerprint density at radius 1 is 0.909 bits per heavy atom. The van der Waals surface area contributed by atoms with Gasteiger partial charge in [0.25, 0.3) is 5.91 Å². The second-order valence-corrected chi connectivity index (χ2v) is 8.31. The Morgan fingerprint density at radius 2 is 1.61 bits per heavy atom. The molecular formula is C28H29ClN2O2. The zero-order valence-electron chi connectivity index (χ0n) is 18.8. The number of benzene rings is 3. The van der Waals surface area contributed by atoms with Crippen LogP contribution in [0.25, 0.3) is 6.08 Å². The van der Waals surface area contributed by atoms with Crippen molar-refractivity contribution in [1.82, 2.24) is 10.2 Å². The molecule has 3 aromatic rings. The smallest absolute Gasteiger partial charge is 0.251 e. The Labute approximate surface area is 200 Å². The zero-order chi connectivity index (χ0) is 23.5. The van der Waals surface area contributed by atoms with E-state index in [-0.39, 0.29) is 11.8 Å². The van der Waals surface area contributed by atoms with E-state index in [9.17, 15) is 9.59 Å². The number of unbranched alkanes of at least 4 members (excludes halogenated alkanes) is 1. The SMILES string of the molecule is CCCCNC(=O)c1ccc(/C=C/C(=O)N(Cc2ccccc2)Cc2cccc(Cl)c2)cc1. The Hall–Kier alpha value is -3.37. The van der Waals surface area contributed by atoms with Gasteiger partial charge in [-0.3, -0.25) is 9.59 Å². The number of carbonyl (C=O) groups is 2. The van der Waals surface area contributed by atoms with Crippen LogP contribution in [0.2, 0.25) is 5.02 Å². The van der Waals surface area contributed by atoms with Crippen LogP contribution in [0, 0.1) is 0 Å². The number of halogens is 1. The maximum absolute atomic E-state index is 13.1. The molecule has 2 amide bonds. The highest BCUT2D eigenvalue weighted by Crippen LogP contribution is 2.16. The minimum atomic E-state index is -0.0970. The first-order valence-electron chi connectivity index (χ1n) is 11.2. The van der Waals surface area contributed by atoms with Gasteiger partial charge < -0.3 is 10.2 Å². The van der Waals surface area contributed by atoms with Crippen molar-refractivity contribution in [3.63, 3.8) is 0 Å². The van der Waals surface area contributed by atoms with Gasteiger partial charge in [0.2, 0.25) is 5.91 Å². The predicted octanol–water partition coefficient (Wildman–Crippen LogP) is 6.11. The lowest BCUT2D eigenvalue weighted by molar-refractivity contribution is -0.127. The monoisotopic (exact) mass is 460 g/mol. The maximum atomic E-state index is 13.1. The number of carbonyl (C=O) groups excluding carboxylic acids is 2. The van der Waals surface area contributed by atoms with Crippen molar-refractivity contribution >= 4 is 29.5 Å². The minimum Gasteiger partial charge on any atom is -0.352 e. The van der Waals surface area contributed by atoms with E-state index in [2.05, 4.69) is 12.2 Å². The van der Waals surface area contributed by atoms with Gasteiger partial charge in [0.1, 0.15) is 0 Å². The minimum absolute atomic E-state index is 0.0781. The number of hydrogen-bond donors (Lipinski definition) is 1. The highest BCUT2D eigenvalue weighted by Gasteiger charge is 2.13. The molecule has 0 radical (unpaired) electrons. The van der Waals surface area contributed by atoms with Crippen LogP contribution < -0.4 is 5.32 Å². The molecule has 4 nitrogen and oxygen atoms in total. The third kappa shape index (κ3) is 7.92. The topological polar surface area (TPSA) is 49.4 Å². The molecule has 170 valence electrons. The fourth-order valence-electron chi connectivity index (χ4n) is 3.37. The van der Waals surface area contributed by atoms with Crippen LogP contribution >= 0.6 is 11.6 Å². The van der Waals surface area contributed by atoms with Gasteiger partial charge in [0.05, 0.1) is 0 Å². The van der Waals surface area contributed by atoms with E-state index in [1.807, 2.05) is 66.7 Å². The molecule has 5 heteroatoms. The summed E-state index contributed by atoms with van der Waals surface area (Å²) in [4.78, 5) is 27.0. The van der Waals surface area contributed by atoms with Gasteiger partial charge in [-0.15, -0.1) is 0 Å². The van der Waals surface area contributed by atoms with E-state index in [1.165, 1.54) is 0 Å². The summed E-state index contributed by atoms with van der Waals surface area (Å²) in [6.45, 7) is 3.71. The summed E-state index contributed by atoms with van der Waals surface area (Å²) in [6, 6.07) is 24.7. The molecule has 0 aromatic heterocycles. The highest BCUT2D eigenvalue weighted by molar-refractivity contribution is 6.30. The average Bonchev–Trinajstić information content (AvgIpc) is 2.83. The van der Waals surface area contributed by atoms with Gasteiger partial charge in [0, 0.05) is 36.3 Å². The summed E-state index contributed by atoms with van der Waals surface area (Å²) in [6.07, 6.45) is 5.35. The molecule has 0 atom stereocenters. The molecule has 3 rings (SSSR count). The molecular weight excluding hydrogens is 432 g/mol. The van der Waals surface area contributed by atoms with E-state index in [0.717, 1.165) is 29.5 Å². The molecule has 0 aliphatic rings. The summed E-state index contributed by atoms with van der Waals surface area (Å²) in [5, 5.41) is 3.55. The quantitative estimate of drug-likeness (QED) is 0.293. The van der Waals surface area contributed by atoms with Crippen molar-refractivity contribution < 1.29 is 9.59 Å². The number of hydrogen-bond acceptors (Lipinski definition) is 2. The molecule has 0 fully saturated rings. The van der Waals surface area contributed by atoms with Gasteiger partial charge in [-0.2, -0.15) is 0 Å². The summed E-state index contributed by atoms with van der Waals surface area (Å²) in [5.74, 6) is -0.175. The first-order chi connectivity index (χ1) is 16.0. The molecule has 0 saturated carbocycles. The van der Waals surface area contributed by atoms with Crippen LogP contribution in [0.1, 0.15) is 46.8 Å². The van der Waals surface area contributed by atoms with Crippen molar-refractivity contribution in [2.24, 2.45) is 0 Å². The fraction of sp³-hybridized carbons (Fsp3) is 0.214. The number of rotatable bonds is 10. The lowest BCUT2D eigenvalue weighted by atomic mass is 10.1. The van der Waals surface area contributed by atoms with Gasteiger partial charge in [-0.25, -0.2) is 0 Å². The molecule has 0 unspecified atom stereocenters. The lowest BCUT2D eigenvalue weighted by Crippen LogP contribution is -2.28. The highest BCUT2D eigenvalue weighted by atomic mass is 35.5. The van der Waals surface area contributed by atoms with E-state index in [4.69, 9.17) is 11.6 Å². The van der Waals surface area contributed by atoms with Crippen LogP contribution in [0.3, 0.4) is 0 Å². The van der Waals surface area contributed by atoms with Crippen molar-refractivity contribution in [2.45, 2.75) is 32.9 Å². The summed E-state index contributed by atoms with van der Waals surface area (Å²) >= 11 is 6.13. The first kappa shape index (κ1) is 24.3. The second kappa shape index (κ2) is 12.6. The van der Waals surface area contributed by atoms with Crippen LogP contribution in [0.15, 0.2) is 84.9 Å². The molecule has 33 heavy (non-hydrogen) atoms. The molecule has 0 aliphatic heterocycles. The lowest BCUT2D eigenvalue weighted by Gasteiger charge is -2.22. The summed E-state index contributed by atoms with van der Waals surface area (Å²) in [5.41, 5.74) is 3.50. The largest absolute Gasteiger partial charge is 0.352 e. The van der Waals surface area contributed by atoms with E-state index in [1.54, 1.807) is 29.2 Å². The molecule has 0 spiro atoms. The van der Waals surface area contributed by atoms with E-state index >= 15 is 0 Å². The number of amides is 2. The van der Waals surface area contributed by atoms with Gasteiger partial charge in [0.15, 0.2) is 0 Å². The zero-order valence-corrected chi connectivity index (χ0v) is 19.6. The molecule has 0 saturated heterocycles. The second-order valence-electron chi connectivity index (χ2n) is 7.87. The number of nitrogens with one attached hydrogen (secondary N) is 1. The summed E-state index contributed by atoms with van der Waals surface area (Å²) < 4.78 is 0. The Kier molecular flexibility index (Phi) is 9.28. The first-order valence-corrected chi connectivity index (χ1v) is 11.6. The predicted molar refractivity (Wildman–Crippen MR) is 135 cm³/mol. The van der Waals surface area contributed by atoms with Gasteiger partial charge in [-0.05, 0) is 53.5 Å². The number of nitrogens with zero attached hydrogens (tertiary/aromatic N) is 1. The molecule has 0 heterocycles. The van der Waals surface area contributed by atoms with Crippen LogP contribution in [0.4, 0.5) is 0 Å². The average molecular weight is 461 g/mol. The molecule has 0 bridgehead atoms. The third-order valence-corrected chi connectivity index (χ3v) is 5.43. The normalized spacial score (nSPS) is 10.8. The fourth-order valence-corrected chi connectivity index (χ4v) is 3.58. The molecule has 1 N–H and O–H groups in total. The van der Waals surface area contributed by atoms with Crippen LogP contribution in [-0.4, -0.2) is 23.3 Å². The van der Waals surface area contributed by atoms with E-state index in [0.29, 0.717) is 30.2 Å². The van der Waals surface area contributed by atoms with Crippen molar-refractivity contribution in [2.75, 3.05) is 6.54 Å². The van der Waals surface area contributed by atoms with Crippen LogP contribution in [0.5, 0.6) is 0 Å². The summed E-state index contributed by atoms with van der Waals surface area (Å²) in [7, 11) is 0. The molecule has 3 aromatic carbocycles. The van der Waals surface area contributed by atoms with Gasteiger partial charge >= 0.3 is 0 Å². The van der Waals surface area contributed by atoms with Crippen LogP contribution in [-0.2, 0) is 17.9 Å². The third-order valence-electron chi connectivity index (χ3n) is 5.20. The van der Waals surface area contributed by atoms with Crippen molar-refractivity contribution in [1.29, 1.82) is 0 Å². The maximum Gasteiger partial charge on any atom is 0.251 e. The van der Waals surface area contributed by atoms with Crippen molar-refractivity contribution in [3.05, 3.63) is 112 Å². The Morgan fingerprint density at radius 3 is 2.30 bits per heavy atom.